The Morgan fingerprint density at radius 1 is 1.37 bits per heavy atom. The van der Waals surface area contributed by atoms with Gasteiger partial charge in [0.2, 0.25) is 0 Å². The molecule has 2 nitrogen and oxygen atoms in total. The van der Waals surface area contributed by atoms with Crippen molar-refractivity contribution < 1.29 is 9.18 Å². The molecule has 0 saturated carbocycles. The molecule has 1 aromatic carbocycles. The fourth-order valence-corrected chi connectivity index (χ4v) is 2.03. The number of aryl methyl sites for hydroxylation is 1. The minimum atomic E-state index is -0.430. The van der Waals surface area contributed by atoms with E-state index in [1.807, 2.05) is 20.8 Å². The van der Waals surface area contributed by atoms with Crippen LogP contribution in [-0.4, -0.2) is 23.4 Å². The highest BCUT2D eigenvalue weighted by Crippen LogP contribution is 2.16. The lowest BCUT2D eigenvalue weighted by molar-refractivity contribution is 0.0680. The molecule has 0 heterocycles. The lowest BCUT2D eigenvalue weighted by atomic mass is 10.1. The van der Waals surface area contributed by atoms with Crippen molar-refractivity contribution in [3.8, 4) is 0 Å². The number of rotatable bonds is 6. The smallest absolute Gasteiger partial charge is 0.257 e. The van der Waals surface area contributed by atoms with Gasteiger partial charge in [-0.25, -0.2) is 4.39 Å². The lowest BCUT2D eigenvalue weighted by Crippen LogP contribution is -2.39. The van der Waals surface area contributed by atoms with Gasteiger partial charge < -0.3 is 4.90 Å². The number of halogens is 1. The van der Waals surface area contributed by atoms with Crippen LogP contribution < -0.4 is 0 Å². The van der Waals surface area contributed by atoms with E-state index in [-0.39, 0.29) is 17.5 Å². The molecule has 1 unspecified atom stereocenters. The van der Waals surface area contributed by atoms with Crippen LogP contribution in [0.3, 0.4) is 0 Å². The first-order valence-electron chi connectivity index (χ1n) is 7.08. The predicted octanol–water partition coefficient (Wildman–Crippen LogP) is 4.17. The van der Waals surface area contributed by atoms with Gasteiger partial charge in [0, 0.05) is 12.6 Å². The fourth-order valence-electron chi connectivity index (χ4n) is 2.03. The minimum Gasteiger partial charge on any atom is -0.336 e. The minimum absolute atomic E-state index is 0.138. The van der Waals surface area contributed by atoms with Crippen LogP contribution in [0.25, 0.3) is 0 Å². The summed E-state index contributed by atoms with van der Waals surface area (Å²) in [6, 6.07) is 4.83. The van der Waals surface area contributed by atoms with E-state index in [1.165, 1.54) is 6.07 Å². The van der Waals surface area contributed by atoms with E-state index < -0.39 is 5.82 Å². The molecule has 0 aliphatic carbocycles. The van der Waals surface area contributed by atoms with E-state index in [1.54, 1.807) is 17.0 Å². The Hall–Kier alpha value is -1.38. The second-order valence-corrected chi connectivity index (χ2v) is 5.09. The number of benzene rings is 1. The maximum Gasteiger partial charge on any atom is 0.257 e. The largest absolute Gasteiger partial charge is 0.336 e. The van der Waals surface area contributed by atoms with Crippen molar-refractivity contribution in [2.75, 3.05) is 6.54 Å². The quantitative estimate of drug-likeness (QED) is 0.755. The number of hydrogen-bond donors (Lipinski definition) is 0. The highest BCUT2D eigenvalue weighted by Gasteiger charge is 2.22. The van der Waals surface area contributed by atoms with E-state index in [0.717, 1.165) is 24.8 Å². The Morgan fingerprint density at radius 3 is 2.63 bits per heavy atom. The highest BCUT2D eigenvalue weighted by atomic mass is 19.1. The van der Waals surface area contributed by atoms with Crippen LogP contribution in [0, 0.1) is 12.7 Å². The van der Waals surface area contributed by atoms with Gasteiger partial charge in [0.05, 0.1) is 5.56 Å². The summed E-state index contributed by atoms with van der Waals surface area (Å²) in [7, 11) is 0. The third-order valence-corrected chi connectivity index (χ3v) is 3.49. The average Bonchev–Trinajstić information content (AvgIpc) is 2.41. The molecule has 1 aromatic rings. The summed E-state index contributed by atoms with van der Waals surface area (Å²) in [5, 5.41) is 0. The zero-order chi connectivity index (χ0) is 14.4. The molecule has 0 fully saturated rings. The van der Waals surface area contributed by atoms with E-state index in [4.69, 9.17) is 0 Å². The maximum atomic E-state index is 13.8. The van der Waals surface area contributed by atoms with Crippen LogP contribution >= 0.6 is 0 Å². The molecule has 0 N–H and O–H groups in total. The van der Waals surface area contributed by atoms with E-state index >= 15 is 0 Å². The van der Waals surface area contributed by atoms with Gasteiger partial charge in [-0.1, -0.05) is 31.9 Å². The zero-order valence-corrected chi connectivity index (χ0v) is 12.4. The molecular formula is C16H24FNO. The number of amides is 1. The summed E-state index contributed by atoms with van der Waals surface area (Å²) in [6.45, 7) is 8.71. The molecule has 1 amide bonds. The number of carbonyl (C=O) groups excluding carboxylic acids is 1. The van der Waals surface area contributed by atoms with Gasteiger partial charge in [0.1, 0.15) is 5.82 Å². The molecular weight excluding hydrogens is 241 g/mol. The first kappa shape index (κ1) is 15.7. The molecule has 1 rings (SSSR count). The van der Waals surface area contributed by atoms with Crippen molar-refractivity contribution in [2.45, 2.75) is 53.0 Å². The van der Waals surface area contributed by atoms with E-state index in [0.29, 0.717) is 6.54 Å². The number of carbonyl (C=O) groups is 1. The van der Waals surface area contributed by atoms with Gasteiger partial charge in [0.15, 0.2) is 0 Å². The molecule has 0 aliphatic rings. The number of nitrogens with zero attached hydrogens (tertiary/aromatic N) is 1. The molecule has 3 heteroatoms. The summed E-state index contributed by atoms with van der Waals surface area (Å²) in [5.41, 5.74) is 1.10. The van der Waals surface area contributed by atoms with Gasteiger partial charge >= 0.3 is 0 Å². The maximum absolute atomic E-state index is 13.8. The van der Waals surface area contributed by atoms with Crippen molar-refractivity contribution in [3.63, 3.8) is 0 Å². The van der Waals surface area contributed by atoms with Crippen molar-refractivity contribution in [1.29, 1.82) is 0 Å². The monoisotopic (exact) mass is 265 g/mol. The molecule has 0 aliphatic heterocycles. The second-order valence-electron chi connectivity index (χ2n) is 5.09. The van der Waals surface area contributed by atoms with Crippen molar-refractivity contribution in [3.05, 3.63) is 35.1 Å². The summed E-state index contributed by atoms with van der Waals surface area (Å²) in [4.78, 5) is 14.3. The summed E-state index contributed by atoms with van der Waals surface area (Å²) in [6.07, 6.45) is 2.85. The first-order chi connectivity index (χ1) is 9.01. The Balaban J connectivity index is 3.00. The summed E-state index contributed by atoms with van der Waals surface area (Å²) in [5.74, 6) is -0.621. The molecule has 0 saturated heterocycles. The normalized spacial score (nSPS) is 12.3. The van der Waals surface area contributed by atoms with Crippen LogP contribution in [0.4, 0.5) is 4.39 Å². The SMILES string of the molecule is CCCCN(C(=O)c1cc(C)ccc1F)C(C)CC. The molecule has 0 spiro atoms. The number of hydrogen-bond acceptors (Lipinski definition) is 1. The van der Waals surface area contributed by atoms with Crippen LogP contribution in [0.2, 0.25) is 0 Å². The molecule has 106 valence electrons. The molecule has 1 atom stereocenters. The van der Waals surface area contributed by atoms with Gasteiger partial charge in [-0.05, 0) is 38.8 Å². The van der Waals surface area contributed by atoms with Gasteiger partial charge in [0.25, 0.3) is 5.91 Å². The second kappa shape index (κ2) is 7.27. The fraction of sp³-hybridized carbons (Fsp3) is 0.562. The van der Waals surface area contributed by atoms with Crippen LogP contribution in [0.5, 0.6) is 0 Å². The standard InChI is InChI=1S/C16H24FNO/c1-5-7-10-18(13(4)6-2)16(19)14-11-12(3)8-9-15(14)17/h8-9,11,13H,5-7,10H2,1-4H3. The van der Waals surface area contributed by atoms with Crippen LogP contribution in [-0.2, 0) is 0 Å². The van der Waals surface area contributed by atoms with Gasteiger partial charge in [-0.3, -0.25) is 4.79 Å². The van der Waals surface area contributed by atoms with Crippen molar-refractivity contribution in [2.24, 2.45) is 0 Å². The number of unbranched alkanes of at least 4 members (excludes halogenated alkanes) is 1. The third kappa shape index (κ3) is 4.05. The third-order valence-electron chi connectivity index (χ3n) is 3.49. The van der Waals surface area contributed by atoms with E-state index in [9.17, 15) is 9.18 Å². The van der Waals surface area contributed by atoms with E-state index in [2.05, 4.69) is 6.92 Å². The van der Waals surface area contributed by atoms with Crippen molar-refractivity contribution >= 4 is 5.91 Å². The summed E-state index contributed by atoms with van der Waals surface area (Å²) >= 11 is 0. The topological polar surface area (TPSA) is 20.3 Å². The van der Waals surface area contributed by atoms with Crippen molar-refractivity contribution in [1.82, 2.24) is 4.90 Å². The highest BCUT2D eigenvalue weighted by molar-refractivity contribution is 5.94. The Bertz CT molecular complexity index is 431. The molecule has 0 bridgehead atoms. The van der Waals surface area contributed by atoms with Crippen LogP contribution in [0.15, 0.2) is 18.2 Å². The Labute approximate surface area is 115 Å². The Kier molecular flexibility index (Phi) is 6.00. The molecule has 19 heavy (non-hydrogen) atoms. The van der Waals surface area contributed by atoms with Gasteiger partial charge in [-0.2, -0.15) is 0 Å². The molecule has 0 aromatic heterocycles. The average molecular weight is 265 g/mol. The molecule has 0 radical (unpaired) electrons. The zero-order valence-electron chi connectivity index (χ0n) is 12.4. The Morgan fingerprint density at radius 2 is 2.05 bits per heavy atom. The van der Waals surface area contributed by atoms with Crippen LogP contribution in [0.1, 0.15) is 56.0 Å². The first-order valence-corrected chi connectivity index (χ1v) is 7.08. The lowest BCUT2D eigenvalue weighted by Gasteiger charge is -2.29. The van der Waals surface area contributed by atoms with Gasteiger partial charge in [-0.15, -0.1) is 0 Å². The predicted molar refractivity (Wildman–Crippen MR) is 76.8 cm³/mol. The summed E-state index contributed by atoms with van der Waals surface area (Å²) < 4.78 is 13.8.